The molecule has 0 spiro atoms. The number of rotatable bonds is 5. The highest BCUT2D eigenvalue weighted by Gasteiger charge is 2.21. The number of pyridine rings is 1. The lowest BCUT2D eigenvalue weighted by Gasteiger charge is -2.11. The molecule has 7 nitrogen and oxygen atoms in total. The van der Waals surface area contributed by atoms with Crippen LogP contribution in [0.1, 0.15) is 15.9 Å². The summed E-state index contributed by atoms with van der Waals surface area (Å²) in [7, 11) is 4.37. The van der Waals surface area contributed by atoms with Gasteiger partial charge in [0.25, 0.3) is 0 Å². The van der Waals surface area contributed by atoms with Gasteiger partial charge in [-0.15, -0.1) is 0 Å². The van der Waals surface area contributed by atoms with Crippen LogP contribution >= 0.6 is 0 Å². The Morgan fingerprint density at radius 3 is 2.54 bits per heavy atom. The molecule has 3 aromatic rings. The highest BCUT2D eigenvalue weighted by molar-refractivity contribution is 6.14. The molecule has 3 rings (SSSR count). The number of hydrogen-bond acceptors (Lipinski definition) is 6. The highest BCUT2D eigenvalue weighted by atomic mass is 16.5. The van der Waals surface area contributed by atoms with Crippen LogP contribution in [-0.4, -0.2) is 41.8 Å². The average Bonchev–Trinajstić information content (AvgIpc) is 3.04. The Kier molecular flexibility index (Phi) is 3.99. The molecular weight excluding hydrogens is 312 g/mol. The third kappa shape index (κ3) is 2.40. The molecule has 2 heterocycles. The van der Waals surface area contributed by atoms with Gasteiger partial charge in [0.15, 0.2) is 17.3 Å². The summed E-state index contributed by atoms with van der Waals surface area (Å²) in [5, 5.41) is 14.2. The zero-order valence-corrected chi connectivity index (χ0v) is 13.4. The second-order valence-corrected chi connectivity index (χ2v) is 4.99. The van der Waals surface area contributed by atoms with Gasteiger partial charge in [-0.2, -0.15) is 5.10 Å². The maximum atomic E-state index is 12.9. The molecule has 7 heteroatoms. The number of ether oxygens (including phenoxy) is 3. The predicted octanol–water partition coefficient (Wildman–Crippen LogP) is 2.30. The molecule has 24 heavy (non-hydrogen) atoms. The van der Waals surface area contributed by atoms with Crippen molar-refractivity contribution in [2.45, 2.75) is 0 Å². The van der Waals surface area contributed by atoms with E-state index in [-0.39, 0.29) is 28.6 Å². The number of fused-ring (bicyclic) bond motifs is 1. The molecule has 0 amide bonds. The summed E-state index contributed by atoms with van der Waals surface area (Å²) in [5.41, 5.74) is 1.17. The standard InChI is InChI=1S/C17H16N2O5/c1-22-13-5-4-6-19-15(13)11(9-18-19)16(21)10-7-12(20)17(24-3)14(8-10)23-2/h4-9,20H,1-3H3. The van der Waals surface area contributed by atoms with E-state index in [4.69, 9.17) is 14.2 Å². The van der Waals surface area contributed by atoms with Crippen LogP contribution in [0, 0.1) is 0 Å². The third-order valence-electron chi connectivity index (χ3n) is 3.69. The van der Waals surface area contributed by atoms with Crippen LogP contribution in [0.15, 0.2) is 36.7 Å². The number of aromatic hydroxyl groups is 1. The number of nitrogens with zero attached hydrogens (tertiary/aromatic N) is 2. The van der Waals surface area contributed by atoms with Gasteiger partial charge in [-0.25, -0.2) is 4.52 Å². The van der Waals surface area contributed by atoms with Crippen molar-refractivity contribution in [3.63, 3.8) is 0 Å². The summed E-state index contributed by atoms with van der Waals surface area (Å²) in [6.07, 6.45) is 3.19. The number of ketones is 1. The second-order valence-electron chi connectivity index (χ2n) is 4.99. The Bertz CT molecular complexity index is 917. The van der Waals surface area contributed by atoms with Gasteiger partial charge in [0.2, 0.25) is 5.75 Å². The van der Waals surface area contributed by atoms with E-state index in [0.717, 1.165) is 0 Å². The number of aromatic nitrogens is 2. The van der Waals surface area contributed by atoms with E-state index in [1.54, 1.807) is 22.8 Å². The van der Waals surface area contributed by atoms with Crippen LogP contribution in [0.5, 0.6) is 23.0 Å². The number of hydrogen-bond donors (Lipinski definition) is 1. The summed E-state index contributed by atoms with van der Waals surface area (Å²) in [5.74, 6) is 0.480. The number of benzene rings is 1. The quantitative estimate of drug-likeness (QED) is 0.724. The van der Waals surface area contributed by atoms with Gasteiger partial charge in [-0.05, 0) is 24.3 Å². The molecule has 0 unspecified atom stereocenters. The van der Waals surface area contributed by atoms with Gasteiger partial charge in [0.1, 0.15) is 11.3 Å². The first-order chi connectivity index (χ1) is 11.6. The SMILES string of the molecule is COc1cc(C(=O)c2cnn3cccc(OC)c23)cc(O)c1OC. The minimum absolute atomic E-state index is 0.173. The Labute approximate surface area is 138 Å². The number of carbonyl (C=O) groups excluding carboxylic acids is 1. The summed E-state index contributed by atoms with van der Waals surface area (Å²) < 4.78 is 17.1. The van der Waals surface area contributed by atoms with Crippen molar-refractivity contribution in [2.24, 2.45) is 0 Å². The zero-order valence-electron chi connectivity index (χ0n) is 13.4. The first kappa shape index (κ1) is 15.7. The van der Waals surface area contributed by atoms with Gasteiger partial charge in [-0.1, -0.05) is 0 Å². The lowest BCUT2D eigenvalue weighted by Crippen LogP contribution is -2.03. The zero-order chi connectivity index (χ0) is 17.3. The van der Waals surface area contributed by atoms with Crippen molar-refractivity contribution in [2.75, 3.05) is 21.3 Å². The summed E-state index contributed by atoms with van der Waals surface area (Å²) in [4.78, 5) is 12.9. The number of phenols is 1. The van der Waals surface area contributed by atoms with Crippen molar-refractivity contribution in [1.82, 2.24) is 9.61 Å². The fourth-order valence-corrected chi connectivity index (χ4v) is 2.57. The minimum Gasteiger partial charge on any atom is -0.504 e. The van der Waals surface area contributed by atoms with E-state index in [1.807, 2.05) is 0 Å². The van der Waals surface area contributed by atoms with Crippen molar-refractivity contribution in [1.29, 1.82) is 0 Å². The molecule has 1 N–H and O–H groups in total. The van der Waals surface area contributed by atoms with Crippen LogP contribution < -0.4 is 14.2 Å². The molecule has 0 aliphatic rings. The molecule has 0 aliphatic carbocycles. The van der Waals surface area contributed by atoms with E-state index in [0.29, 0.717) is 16.8 Å². The normalized spacial score (nSPS) is 10.6. The van der Waals surface area contributed by atoms with Crippen molar-refractivity contribution < 1.29 is 24.1 Å². The molecule has 0 saturated carbocycles. The lowest BCUT2D eigenvalue weighted by molar-refractivity contribution is 0.103. The Hall–Kier alpha value is -3.22. The number of carbonyl (C=O) groups is 1. The van der Waals surface area contributed by atoms with Crippen molar-refractivity contribution in [3.05, 3.63) is 47.8 Å². The van der Waals surface area contributed by atoms with E-state index in [1.165, 1.54) is 39.7 Å². The molecule has 2 aromatic heterocycles. The monoisotopic (exact) mass is 328 g/mol. The summed E-state index contributed by atoms with van der Waals surface area (Å²) in [6.45, 7) is 0. The largest absolute Gasteiger partial charge is 0.504 e. The van der Waals surface area contributed by atoms with Gasteiger partial charge in [0.05, 0.1) is 33.1 Å². The molecule has 0 aliphatic heterocycles. The summed E-state index contributed by atoms with van der Waals surface area (Å²) in [6, 6.07) is 6.37. The van der Waals surface area contributed by atoms with Crippen molar-refractivity contribution >= 4 is 11.3 Å². The fraction of sp³-hybridized carbons (Fsp3) is 0.176. The summed E-state index contributed by atoms with van der Waals surface area (Å²) >= 11 is 0. The lowest BCUT2D eigenvalue weighted by atomic mass is 10.0. The highest BCUT2D eigenvalue weighted by Crippen LogP contribution is 2.38. The maximum absolute atomic E-state index is 12.9. The van der Waals surface area contributed by atoms with Crippen molar-refractivity contribution in [3.8, 4) is 23.0 Å². The second kappa shape index (κ2) is 6.11. The molecule has 0 bridgehead atoms. The first-order valence-corrected chi connectivity index (χ1v) is 7.10. The molecule has 0 atom stereocenters. The first-order valence-electron chi connectivity index (χ1n) is 7.10. The Morgan fingerprint density at radius 2 is 1.88 bits per heavy atom. The molecular formula is C17H16N2O5. The molecule has 0 saturated heterocycles. The van der Waals surface area contributed by atoms with E-state index in [2.05, 4.69) is 5.10 Å². The van der Waals surface area contributed by atoms with Gasteiger partial charge >= 0.3 is 0 Å². The van der Waals surface area contributed by atoms with Crippen LogP contribution in [0.2, 0.25) is 0 Å². The number of methoxy groups -OCH3 is 3. The maximum Gasteiger partial charge on any atom is 0.203 e. The molecule has 124 valence electrons. The van der Waals surface area contributed by atoms with Crippen LogP contribution in [0.3, 0.4) is 0 Å². The third-order valence-corrected chi connectivity index (χ3v) is 3.69. The minimum atomic E-state index is -0.314. The van der Waals surface area contributed by atoms with Gasteiger partial charge in [0, 0.05) is 11.8 Å². The number of phenolic OH excluding ortho intramolecular Hbond substituents is 1. The molecule has 0 radical (unpaired) electrons. The average molecular weight is 328 g/mol. The van der Waals surface area contributed by atoms with E-state index < -0.39 is 0 Å². The van der Waals surface area contributed by atoms with E-state index >= 15 is 0 Å². The predicted molar refractivity (Wildman–Crippen MR) is 86.4 cm³/mol. The smallest absolute Gasteiger partial charge is 0.203 e. The van der Waals surface area contributed by atoms with Gasteiger partial charge < -0.3 is 19.3 Å². The van der Waals surface area contributed by atoms with Crippen LogP contribution in [-0.2, 0) is 0 Å². The Balaban J connectivity index is 2.15. The van der Waals surface area contributed by atoms with Crippen LogP contribution in [0.25, 0.3) is 5.52 Å². The van der Waals surface area contributed by atoms with Crippen LogP contribution in [0.4, 0.5) is 0 Å². The topological polar surface area (TPSA) is 82.3 Å². The Morgan fingerprint density at radius 1 is 1.12 bits per heavy atom. The van der Waals surface area contributed by atoms with Gasteiger partial charge in [-0.3, -0.25) is 4.79 Å². The molecule has 1 aromatic carbocycles. The molecule has 0 fully saturated rings. The fourth-order valence-electron chi connectivity index (χ4n) is 2.57. The van der Waals surface area contributed by atoms with E-state index in [9.17, 15) is 9.90 Å².